The van der Waals surface area contributed by atoms with E-state index in [9.17, 15) is 5.11 Å². The number of rotatable bonds is 4. The van der Waals surface area contributed by atoms with E-state index in [-0.39, 0.29) is 0 Å². The largest absolute Gasteiger partial charge is 0.388 e. The lowest BCUT2D eigenvalue weighted by Gasteiger charge is -2.36. The van der Waals surface area contributed by atoms with Crippen molar-refractivity contribution in [1.29, 1.82) is 0 Å². The minimum absolute atomic E-state index is 0.543. The van der Waals surface area contributed by atoms with E-state index in [2.05, 4.69) is 27.3 Å². The van der Waals surface area contributed by atoms with Gasteiger partial charge in [-0.3, -0.25) is 0 Å². The molecule has 0 aromatic carbocycles. The van der Waals surface area contributed by atoms with Gasteiger partial charge in [-0.15, -0.1) is 0 Å². The van der Waals surface area contributed by atoms with Crippen LogP contribution in [0, 0.1) is 12.8 Å². The molecule has 0 spiro atoms. The highest BCUT2D eigenvalue weighted by atomic mass is 16.3. The summed E-state index contributed by atoms with van der Waals surface area (Å²) in [5.41, 5.74) is 0.273. The lowest BCUT2D eigenvalue weighted by atomic mass is 9.78. The summed E-state index contributed by atoms with van der Waals surface area (Å²) in [4.78, 5) is 8.43. The van der Waals surface area contributed by atoms with Crippen molar-refractivity contribution in [2.24, 2.45) is 5.92 Å². The Bertz CT molecular complexity index is 616. The van der Waals surface area contributed by atoms with Crippen molar-refractivity contribution in [2.45, 2.75) is 51.6 Å². The van der Waals surface area contributed by atoms with E-state index >= 15 is 0 Å². The molecule has 1 aliphatic rings. The van der Waals surface area contributed by atoms with Gasteiger partial charge in [0.1, 0.15) is 12.1 Å². The number of hydrogen-bond donors (Lipinski definition) is 2. The van der Waals surface area contributed by atoms with Gasteiger partial charge in [0.25, 0.3) is 5.78 Å². The zero-order valence-electron chi connectivity index (χ0n) is 12.7. The standard InChI is InChI=1S/C15H23N5O/c1-3-12-4-6-15(21,7-5-12)9-16-13-8-11(2)19-14-17-10-18-20(13)14/h8,10,12,16,21H,3-7,9H2,1-2H3. The van der Waals surface area contributed by atoms with Crippen LogP contribution in [0.15, 0.2) is 12.4 Å². The minimum Gasteiger partial charge on any atom is -0.388 e. The van der Waals surface area contributed by atoms with E-state index < -0.39 is 5.60 Å². The molecule has 0 atom stereocenters. The van der Waals surface area contributed by atoms with E-state index in [4.69, 9.17) is 0 Å². The second-order valence-electron chi connectivity index (χ2n) is 6.18. The van der Waals surface area contributed by atoms with Gasteiger partial charge in [-0.25, -0.2) is 4.98 Å². The number of nitrogens with zero attached hydrogens (tertiary/aromatic N) is 4. The molecule has 0 aliphatic heterocycles. The predicted octanol–water partition coefficient (Wildman–Crippen LogP) is 2.18. The van der Waals surface area contributed by atoms with Crippen molar-refractivity contribution in [1.82, 2.24) is 19.6 Å². The van der Waals surface area contributed by atoms with E-state index in [1.54, 1.807) is 4.52 Å². The van der Waals surface area contributed by atoms with Gasteiger partial charge in [0.2, 0.25) is 0 Å². The van der Waals surface area contributed by atoms with Crippen LogP contribution in [-0.2, 0) is 0 Å². The fraction of sp³-hybridized carbons (Fsp3) is 0.667. The SMILES string of the molecule is CCC1CCC(O)(CNc2cc(C)nc3ncnn23)CC1. The zero-order valence-corrected chi connectivity index (χ0v) is 12.7. The number of aliphatic hydroxyl groups is 1. The Kier molecular flexibility index (Phi) is 3.80. The van der Waals surface area contributed by atoms with E-state index in [0.29, 0.717) is 12.3 Å². The molecule has 1 saturated carbocycles. The number of aryl methyl sites for hydroxylation is 1. The summed E-state index contributed by atoms with van der Waals surface area (Å²) >= 11 is 0. The third kappa shape index (κ3) is 3.00. The summed E-state index contributed by atoms with van der Waals surface area (Å²) in [6, 6.07) is 1.93. The number of anilines is 1. The van der Waals surface area contributed by atoms with Gasteiger partial charge in [-0.1, -0.05) is 13.3 Å². The Hall–Kier alpha value is -1.69. The second kappa shape index (κ2) is 5.60. The Morgan fingerprint density at radius 3 is 2.90 bits per heavy atom. The molecule has 2 aromatic rings. The fourth-order valence-corrected chi connectivity index (χ4v) is 3.11. The first kappa shape index (κ1) is 14.3. The van der Waals surface area contributed by atoms with Crippen LogP contribution in [0.5, 0.6) is 0 Å². The Morgan fingerprint density at radius 2 is 2.19 bits per heavy atom. The molecule has 0 radical (unpaired) electrons. The van der Waals surface area contributed by atoms with Gasteiger partial charge in [-0.2, -0.15) is 14.6 Å². The minimum atomic E-state index is -0.615. The molecule has 2 aromatic heterocycles. The van der Waals surface area contributed by atoms with Crippen LogP contribution in [0.25, 0.3) is 5.78 Å². The Labute approximate surface area is 124 Å². The van der Waals surface area contributed by atoms with Crippen molar-refractivity contribution in [3.05, 3.63) is 18.1 Å². The average molecular weight is 289 g/mol. The van der Waals surface area contributed by atoms with E-state index in [0.717, 1.165) is 43.1 Å². The summed E-state index contributed by atoms with van der Waals surface area (Å²) in [6.45, 7) is 4.71. The molecule has 0 saturated heterocycles. The summed E-state index contributed by atoms with van der Waals surface area (Å²) in [6.07, 6.45) is 6.67. The lowest BCUT2D eigenvalue weighted by molar-refractivity contribution is 0.00220. The van der Waals surface area contributed by atoms with Crippen LogP contribution in [0.1, 0.15) is 44.7 Å². The highest BCUT2D eigenvalue weighted by molar-refractivity contribution is 5.44. The molecule has 1 aliphatic carbocycles. The number of hydrogen-bond acceptors (Lipinski definition) is 5. The van der Waals surface area contributed by atoms with Gasteiger partial charge in [0, 0.05) is 18.3 Å². The van der Waals surface area contributed by atoms with Crippen molar-refractivity contribution >= 4 is 11.6 Å². The highest BCUT2D eigenvalue weighted by Gasteiger charge is 2.32. The lowest BCUT2D eigenvalue weighted by Crippen LogP contribution is -2.40. The normalized spacial score (nSPS) is 26.1. The van der Waals surface area contributed by atoms with Crippen LogP contribution in [-0.4, -0.2) is 36.8 Å². The maximum absolute atomic E-state index is 10.7. The highest BCUT2D eigenvalue weighted by Crippen LogP contribution is 2.33. The van der Waals surface area contributed by atoms with Crippen molar-refractivity contribution in [3.8, 4) is 0 Å². The third-order valence-electron chi connectivity index (χ3n) is 4.59. The predicted molar refractivity (Wildman–Crippen MR) is 81.2 cm³/mol. The third-order valence-corrected chi connectivity index (χ3v) is 4.59. The molecule has 1 fully saturated rings. The van der Waals surface area contributed by atoms with Crippen molar-refractivity contribution in [2.75, 3.05) is 11.9 Å². The molecule has 2 heterocycles. The van der Waals surface area contributed by atoms with Crippen LogP contribution in [0.2, 0.25) is 0 Å². The molecule has 0 amide bonds. The average Bonchev–Trinajstić information content (AvgIpc) is 2.94. The molecule has 21 heavy (non-hydrogen) atoms. The molecule has 0 bridgehead atoms. The van der Waals surface area contributed by atoms with Gasteiger partial charge in [-0.05, 0) is 38.5 Å². The van der Waals surface area contributed by atoms with E-state index in [1.165, 1.54) is 12.7 Å². The number of aromatic nitrogens is 4. The topological polar surface area (TPSA) is 75.3 Å². The first-order valence-corrected chi connectivity index (χ1v) is 7.73. The molecule has 114 valence electrons. The van der Waals surface area contributed by atoms with Gasteiger partial charge in [0.15, 0.2) is 0 Å². The van der Waals surface area contributed by atoms with E-state index in [1.807, 2.05) is 13.0 Å². The van der Waals surface area contributed by atoms with Crippen molar-refractivity contribution < 1.29 is 5.11 Å². The fourth-order valence-electron chi connectivity index (χ4n) is 3.11. The van der Waals surface area contributed by atoms with Crippen LogP contribution < -0.4 is 5.32 Å². The number of fused-ring (bicyclic) bond motifs is 1. The van der Waals surface area contributed by atoms with Gasteiger partial charge < -0.3 is 10.4 Å². The number of nitrogens with one attached hydrogen (secondary N) is 1. The van der Waals surface area contributed by atoms with Gasteiger partial charge in [0.05, 0.1) is 5.60 Å². The first-order chi connectivity index (χ1) is 10.1. The zero-order chi connectivity index (χ0) is 14.9. The Morgan fingerprint density at radius 1 is 1.43 bits per heavy atom. The molecule has 0 unspecified atom stereocenters. The van der Waals surface area contributed by atoms with Crippen LogP contribution in [0.3, 0.4) is 0 Å². The quantitative estimate of drug-likeness (QED) is 0.902. The first-order valence-electron chi connectivity index (χ1n) is 7.73. The monoisotopic (exact) mass is 289 g/mol. The molecule has 3 rings (SSSR count). The summed E-state index contributed by atoms with van der Waals surface area (Å²) in [5.74, 6) is 2.19. The molecular formula is C15H23N5O. The van der Waals surface area contributed by atoms with Crippen molar-refractivity contribution in [3.63, 3.8) is 0 Å². The maximum atomic E-state index is 10.7. The summed E-state index contributed by atoms with van der Waals surface area (Å²) < 4.78 is 1.67. The second-order valence-corrected chi connectivity index (χ2v) is 6.18. The molecule has 6 nitrogen and oxygen atoms in total. The smallest absolute Gasteiger partial charge is 0.254 e. The molecule has 6 heteroatoms. The van der Waals surface area contributed by atoms with Crippen LogP contribution >= 0.6 is 0 Å². The van der Waals surface area contributed by atoms with Crippen LogP contribution in [0.4, 0.5) is 5.82 Å². The summed E-state index contributed by atoms with van der Waals surface area (Å²) in [7, 11) is 0. The maximum Gasteiger partial charge on any atom is 0.254 e. The van der Waals surface area contributed by atoms with Gasteiger partial charge >= 0.3 is 0 Å². The molecule has 2 N–H and O–H groups in total. The molecular weight excluding hydrogens is 266 g/mol. The summed E-state index contributed by atoms with van der Waals surface area (Å²) in [5, 5.41) is 18.2. The Balaban J connectivity index is 1.70.